The Labute approximate surface area is 173 Å². The third kappa shape index (κ3) is 5.57. The minimum atomic E-state index is -2.98. The molecule has 0 saturated carbocycles. The van der Waals surface area contributed by atoms with E-state index in [1.165, 1.54) is 11.8 Å². The topological polar surface area (TPSA) is 78.0 Å². The molecular weight excluding hydrogens is 390 g/mol. The maximum atomic E-state index is 13.0. The van der Waals surface area contributed by atoms with Crippen LogP contribution in [0.3, 0.4) is 0 Å². The number of hydrogen-bond acceptors (Lipinski definition) is 5. The highest BCUT2D eigenvalue weighted by Gasteiger charge is 2.38. The second-order valence-corrected chi connectivity index (χ2v) is 10.7. The molecule has 160 valence electrons. The lowest BCUT2D eigenvalue weighted by atomic mass is 10.0. The van der Waals surface area contributed by atoms with E-state index in [1.807, 2.05) is 23.1 Å². The van der Waals surface area contributed by atoms with Crippen LogP contribution < -0.4 is 4.90 Å². The zero-order chi connectivity index (χ0) is 21.2. The van der Waals surface area contributed by atoms with E-state index >= 15 is 0 Å². The number of carbonyl (C=O) groups is 2. The van der Waals surface area contributed by atoms with Gasteiger partial charge in [0.2, 0.25) is 11.8 Å². The Morgan fingerprint density at radius 2 is 1.86 bits per heavy atom. The molecule has 0 aliphatic carbocycles. The van der Waals surface area contributed by atoms with Gasteiger partial charge >= 0.3 is 0 Å². The molecule has 8 heteroatoms. The standard InChI is InChI=1S/C21H31N3O4S/c1-16(2)17-5-4-6-19(13-17)24-15-18(14-20(24)25)21(26)23-9-7-22(8-10-23)11-12-29(3,27)28/h4-6,13,16,18H,7-12,14-15H2,1-3H3. The maximum Gasteiger partial charge on any atom is 0.228 e. The number of carbonyl (C=O) groups excluding carboxylic acids is 2. The molecule has 1 aromatic carbocycles. The highest BCUT2D eigenvalue weighted by molar-refractivity contribution is 7.90. The predicted octanol–water partition coefficient (Wildman–Crippen LogP) is 1.35. The molecule has 1 unspecified atom stereocenters. The smallest absolute Gasteiger partial charge is 0.228 e. The lowest BCUT2D eigenvalue weighted by Crippen LogP contribution is -2.51. The molecule has 0 bridgehead atoms. The van der Waals surface area contributed by atoms with Crippen molar-refractivity contribution in [3.63, 3.8) is 0 Å². The predicted molar refractivity (Wildman–Crippen MR) is 114 cm³/mol. The molecule has 0 radical (unpaired) electrons. The van der Waals surface area contributed by atoms with Crippen LogP contribution in [-0.2, 0) is 19.4 Å². The maximum absolute atomic E-state index is 13.0. The molecule has 0 spiro atoms. The average molecular weight is 422 g/mol. The van der Waals surface area contributed by atoms with Gasteiger partial charge in [-0.05, 0) is 23.6 Å². The first-order chi connectivity index (χ1) is 13.6. The number of benzene rings is 1. The lowest BCUT2D eigenvalue weighted by Gasteiger charge is -2.35. The van der Waals surface area contributed by atoms with Crippen molar-refractivity contribution in [3.05, 3.63) is 29.8 Å². The highest BCUT2D eigenvalue weighted by Crippen LogP contribution is 2.29. The Kier molecular flexibility index (Phi) is 6.63. The molecule has 2 aliphatic rings. The molecule has 29 heavy (non-hydrogen) atoms. The minimum absolute atomic E-state index is 0.00366. The molecule has 3 rings (SSSR count). The highest BCUT2D eigenvalue weighted by atomic mass is 32.2. The SMILES string of the molecule is CC(C)c1cccc(N2CC(C(=O)N3CCN(CCS(C)(=O)=O)CC3)CC2=O)c1. The molecule has 2 amide bonds. The van der Waals surface area contributed by atoms with Crippen LogP contribution in [0.2, 0.25) is 0 Å². The molecule has 2 saturated heterocycles. The number of anilines is 1. The molecule has 2 aliphatic heterocycles. The van der Waals surface area contributed by atoms with Crippen molar-refractivity contribution in [1.82, 2.24) is 9.80 Å². The van der Waals surface area contributed by atoms with Crippen LogP contribution in [0.25, 0.3) is 0 Å². The molecule has 2 fully saturated rings. The van der Waals surface area contributed by atoms with Crippen LogP contribution >= 0.6 is 0 Å². The van der Waals surface area contributed by atoms with Gasteiger partial charge in [0.1, 0.15) is 9.84 Å². The summed E-state index contributed by atoms with van der Waals surface area (Å²) in [5.74, 6) is 0.235. The quantitative estimate of drug-likeness (QED) is 0.693. The van der Waals surface area contributed by atoms with Crippen LogP contribution in [0, 0.1) is 5.92 Å². The van der Waals surface area contributed by atoms with E-state index in [0.717, 1.165) is 5.69 Å². The summed E-state index contributed by atoms with van der Waals surface area (Å²) in [5, 5.41) is 0. The Hall–Kier alpha value is -1.93. The number of amides is 2. The summed E-state index contributed by atoms with van der Waals surface area (Å²) in [7, 11) is -2.98. The van der Waals surface area contributed by atoms with Crippen molar-refractivity contribution < 1.29 is 18.0 Å². The number of nitrogens with zero attached hydrogens (tertiary/aromatic N) is 3. The van der Waals surface area contributed by atoms with Gasteiger partial charge in [-0.3, -0.25) is 14.5 Å². The van der Waals surface area contributed by atoms with E-state index in [2.05, 4.69) is 24.8 Å². The molecule has 1 atom stereocenters. The average Bonchev–Trinajstić information content (AvgIpc) is 3.07. The van der Waals surface area contributed by atoms with Gasteiger partial charge < -0.3 is 9.80 Å². The van der Waals surface area contributed by atoms with Gasteiger partial charge in [-0.15, -0.1) is 0 Å². The summed E-state index contributed by atoms with van der Waals surface area (Å²) in [4.78, 5) is 31.2. The van der Waals surface area contributed by atoms with E-state index in [4.69, 9.17) is 0 Å². The number of rotatable bonds is 6. The van der Waals surface area contributed by atoms with Crippen LogP contribution in [0.4, 0.5) is 5.69 Å². The van der Waals surface area contributed by atoms with Crippen molar-refractivity contribution in [2.24, 2.45) is 5.92 Å². The molecule has 1 aromatic rings. The van der Waals surface area contributed by atoms with Crippen LogP contribution in [-0.4, -0.2) is 81.3 Å². The summed E-state index contributed by atoms with van der Waals surface area (Å²) >= 11 is 0. The van der Waals surface area contributed by atoms with Gasteiger partial charge in [-0.2, -0.15) is 0 Å². The fraction of sp³-hybridized carbons (Fsp3) is 0.619. The number of sulfone groups is 1. The Morgan fingerprint density at radius 3 is 2.48 bits per heavy atom. The van der Waals surface area contributed by atoms with Gasteiger partial charge in [-0.25, -0.2) is 8.42 Å². The molecule has 0 aromatic heterocycles. The van der Waals surface area contributed by atoms with E-state index < -0.39 is 9.84 Å². The van der Waals surface area contributed by atoms with Gasteiger partial charge in [0.15, 0.2) is 0 Å². The van der Waals surface area contributed by atoms with E-state index in [1.54, 1.807) is 4.90 Å². The van der Waals surface area contributed by atoms with Gasteiger partial charge in [0.25, 0.3) is 0 Å². The first-order valence-electron chi connectivity index (χ1n) is 10.2. The molecule has 7 nitrogen and oxygen atoms in total. The lowest BCUT2D eigenvalue weighted by molar-refractivity contribution is -0.137. The van der Waals surface area contributed by atoms with Gasteiger partial charge in [0, 0.05) is 57.6 Å². The number of hydrogen-bond donors (Lipinski definition) is 0. The first-order valence-corrected chi connectivity index (χ1v) is 12.3. The summed E-state index contributed by atoms with van der Waals surface area (Å²) in [6.45, 7) is 7.66. The molecule has 0 N–H and O–H groups in total. The van der Waals surface area contributed by atoms with Gasteiger partial charge in [-0.1, -0.05) is 26.0 Å². The monoisotopic (exact) mass is 421 g/mol. The van der Waals surface area contributed by atoms with Crippen molar-refractivity contribution in [2.75, 3.05) is 56.2 Å². The second-order valence-electron chi connectivity index (χ2n) is 8.45. The normalized spacial score (nSPS) is 21.2. The fourth-order valence-corrected chi connectivity index (χ4v) is 4.51. The Morgan fingerprint density at radius 1 is 1.17 bits per heavy atom. The largest absolute Gasteiger partial charge is 0.340 e. The van der Waals surface area contributed by atoms with Crippen molar-refractivity contribution in [2.45, 2.75) is 26.2 Å². The summed E-state index contributed by atoms with van der Waals surface area (Å²) in [6, 6.07) is 7.98. The Balaban J connectivity index is 1.56. The van der Waals surface area contributed by atoms with Crippen molar-refractivity contribution in [1.29, 1.82) is 0 Å². The number of piperazine rings is 1. The Bertz CT molecular complexity index is 860. The van der Waals surface area contributed by atoms with Crippen molar-refractivity contribution >= 4 is 27.3 Å². The van der Waals surface area contributed by atoms with Crippen LogP contribution in [0.5, 0.6) is 0 Å². The zero-order valence-corrected chi connectivity index (χ0v) is 18.3. The van der Waals surface area contributed by atoms with E-state index in [0.29, 0.717) is 45.2 Å². The molecular formula is C21H31N3O4S. The molecule has 2 heterocycles. The second kappa shape index (κ2) is 8.83. The van der Waals surface area contributed by atoms with E-state index in [-0.39, 0.29) is 29.9 Å². The van der Waals surface area contributed by atoms with Crippen LogP contribution in [0.15, 0.2) is 24.3 Å². The third-order valence-electron chi connectivity index (χ3n) is 5.79. The fourth-order valence-electron chi connectivity index (χ4n) is 3.92. The summed E-state index contributed by atoms with van der Waals surface area (Å²) < 4.78 is 22.7. The van der Waals surface area contributed by atoms with Crippen molar-refractivity contribution in [3.8, 4) is 0 Å². The zero-order valence-electron chi connectivity index (χ0n) is 17.5. The summed E-state index contributed by atoms with van der Waals surface area (Å²) in [5.41, 5.74) is 2.04. The van der Waals surface area contributed by atoms with Gasteiger partial charge in [0.05, 0.1) is 11.7 Å². The van der Waals surface area contributed by atoms with E-state index in [9.17, 15) is 18.0 Å². The minimum Gasteiger partial charge on any atom is -0.340 e. The first kappa shape index (κ1) is 21.8. The van der Waals surface area contributed by atoms with Crippen LogP contribution in [0.1, 0.15) is 31.7 Å². The summed E-state index contributed by atoms with van der Waals surface area (Å²) in [6.07, 6.45) is 1.49. The third-order valence-corrected chi connectivity index (χ3v) is 6.71.